The van der Waals surface area contributed by atoms with E-state index in [1.807, 2.05) is 0 Å². The van der Waals surface area contributed by atoms with Crippen LogP contribution >= 0.6 is 0 Å². The zero-order chi connectivity index (χ0) is 8.43. The number of carboxylic acid groups (broad SMARTS) is 1. The molecule has 1 aromatic rings. The van der Waals surface area contributed by atoms with Crippen molar-refractivity contribution in [2.75, 3.05) is 0 Å². The number of hydrogen-bond acceptors (Lipinski definition) is 3. The van der Waals surface area contributed by atoms with Gasteiger partial charge in [0.25, 0.3) is 0 Å². The largest absolute Gasteiger partial charge is 0.618 e. The molecule has 0 radical (unpaired) electrons. The minimum atomic E-state index is -1.36. The van der Waals surface area contributed by atoms with Gasteiger partial charge < -0.3 is 15.4 Å². The third-order valence-corrected chi connectivity index (χ3v) is 1.12. The molecule has 0 bridgehead atoms. The number of hydrogen-bond donors (Lipinski definition) is 2. The first-order valence-electron chi connectivity index (χ1n) is 2.77. The molecule has 0 amide bonds. The van der Waals surface area contributed by atoms with Gasteiger partial charge in [-0.05, 0) is 0 Å². The van der Waals surface area contributed by atoms with Crippen LogP contribution in [0.15, 0.2) is 18.3 Å². The van der Waals surface area contributed by atoms with E-state index >= 15 is 0 Å². The van der Waals surface area contributed by atoms with Crippen molar-refractivity contribution in [2.24, 2.45) is 0 Å². The molecule has 0 atom stereocenters. The molecular formula is C6H5NO4. The van der Waals surface area contributed by atoms with Crippen LogP contribution < -0.4 is 4.73 Å². The van der Waals surface area contributed by atoms with E-state index in [0.29, 0.717) is 0 Å². The van der Waals surface area contributed by atoms with Crippen LogP contribution in [0.2, 0.25) is 0 Å². The van der Waals surface area contributed by atoms with Gasteiger partial charge in [0.15, 0.2) is 6.20 Å². The number of aromatic nitrogens is 1. The highest BCUT2D eigenvalue weighted by Crippen LogP contribution is 2.05. The van der Waals surface area contributed by atoms with Gasteiger partial charge in [-0.2, -0.15) is 4.73 Å². The van der Waals surface area contributed by atoms with Gasteiger partial charge in [-0.3, -0.25) is 0 Å². The van der Waals surface area contributed by atoms with Gasteiger partial charge in [0.1, 0.15) is 5.75 Å². The smallest absolute Gasteiger partial charge is 0.402 e. The predicted molar refractivity (Wildman–Crippen MR) is 34.0 cm³/mol. The van der Waals surface area contributed by atoms with Gasteiger partial charge in [-0.25, -0.2) is 4.79 Å². The second-order valence-electron chi connectivity index (χ2n) is 1.90. The van der Waals surface area contributed by atoms with E-state index in [1.54, 1.807) is 0 Å². The molecule has 0 aromatic carbocycles. The Balaban J connectivity index is 3.23. The Hall–Kier alpha value is -1.78. The highest BCUT2D eigenvalue weighted by molar-refractivity contribution is 5.84. The lowest BCUT2D eigenvalue weighted by Gasteiger charge is -1.98. The second-order valence-corrected chi connectivity index (χ2v) is 1.90. The number of aromatic hydroxyl groups is 1. The third-order valence-electron chi connectivity index (χ3n) is 1.12. The number of nitrogens with zero attached hydrogens (tertiary/aromatic N) is 1. The van der Waals surface area contributed by atoms with Crippen LogP contribution in [0.1, 0.15) is 10.5 Å². The molecule has 58 valence electrons. The summed E-state index contributed by atoms with van der Waals surface area (Å²) in [5, 5.41) is 27.8. The molecule has 1 heterocycles. The Bertz CT molecular complexity index is 297. The number of pyridine rings is 1. The molecular weight excluding hydrogens is 150 g/mol. The lowest BCUT2D eigenvalue weighted by Crippen LogP contribution is -2.33. The fraction of sp³-hybridized carbons (Fsp3) is 0. The maximum atomic E-state index is 10.6. The summed E-state index contributed by atoms with van der Waals surface area (Å²) in [5.74, 6) is -1.61. The first-order chi connectivity index (χ1) is 5.11. The summed E-state index contributed by atoms with van der Waals surface area (Å²) >= 11 is 0. The molecule has 0 saturated heterocycles. The van der Waals surface area contributed by atoms with Crippen LogP contribution in [0.5, 0.6) is 5.75 Å². The molecule has 1 aromatic heterocycles. The van der Waals surface area contributed by atoms with Gasteiger partial charge in [-0.1, -0.05) is 0 Å². The van der Waals surface area contributed by atoms with Crippen LogP contribution in [0, 0.1) is 5.21 Å². The molecule has 5 nitrogen and oxygen atoms in total. The monoisotopic (exact) mass is 155 g/mol. The minimum absolute atomic E-state index is 0.169. The Morgan fingerprint density at radius 3 is 2.73 bits per heavy atom. The van der Waals surface area contributed by atoms with Crippen molar-refractivity contribution < 1.29 is 19.7 Å². The van der Waals surface area contributed by atoms with Crippen molar-refractivity contribution in [3.63, 3.8) is 0 Å². The number of carbonyl (C=O) groups is 1. The van der Waals surface area contributed by atoms with Crippen LogP contribution in [0.3, 0.4) is 0 Å². The van der Waals surface area contributed by atoms with Gasteiger partial charge in [-0.15, -0.1) is 0 Å². The molecule has 0 aliphatic rings. The van der Waals surface area contributed by atoms with Gasteiger partial charge >= 0.3 is 11.7 Å². The van der Waals surface area contributed by atoms with Crippen LogP contribution in [-0.4, -0.2) is 16.2 Å². The maximum absolute atomic E-state index is 10.6. The van der Waals surface area contributed by atoms with E-state index in [0.717, 1.165) is 18.3 Å². The topological polar surface area (TPSA) is 84.5 Å². The lowest BCUT2D eigenvalue weighted by atomic mass is 10.3. The average Bonchev–Trinajstić information content (AvgIpc) is 1.94. The SMILES string of the molecule is O=C(O)c1cc(O)cc[n+]1[O-]. The van der Waals surface area contributed by atoms with Crippen molar-refractivity contribution >= 4 is 5.97 Å². The summed E-state index contributed by atoms with van der Waals surface area (Å²) in [6.45, 7) is 0. The molecule has 0 saturated carbocycles. The van der Waals surface area contributed by atoms with Crippen LogP contribution in [-0.2, 0) is 0 Å². The predicted octanol–water partition coefficient (Wildman–Crippen LogP) is -0.276. The van der Waals surface area contributed by atoms with Crippen molar-refractivity contribution in [2.45, 2.75) is 0 Å². The summed E-state index contributed by atoms with van der Waals surface area (Å²) in [5.41, 5.74) is -0.495. The van der Waals surface area contributed by atoms with Crippen molar-refractivity contribution in [1.82, 2.24) is 0 Å². The Morgan fingerprint density at radius 1 is 1.64 bits per heavy atom. The van der Waals surface area contributed by atoms with E-state index in [-0.39, 0.29) is 10.5 Å². The average molecular weight is 155 g/mol. The van der Waals surface area contributed by atoms with Crippen LogP contribution in [0.4, 0.5) is 0 Å². The molecule has 5 heteroatoms. The fourth-order valence-corrected chi connectivity index (χ4v) is 0.632. The second kappa shape index (κ2) is 2.45. The summed E-state index contributed by atoms with van der Waals surface area (Å²) in [4.78, 5) is 10.2. The summed E-state index contributed by atoms with van der Waals surface area (Å²) in [6, 6.07) is 1.99. The van der Waals surface area contributed by atoms with Crippen molar-refractivity contribution in [3.8, 4) is 5.75 Å². The Kier molecular flexibility index (Phi) is 1.63. The number of aromatic carboxylic acids is 1. The molecule has 0 fully saturated rings. The van der Waals surface area contributed by atoms with Crippen LogP contribution in [0.25, 0.3) is 0 Å². The molecule has 0 spiro atoms. The van der Waals surface area contributed by atoms with Gasteiger partial charge in [0.2, 0.25) is 0 Å². The van der Waals surface area contributed by atoms with E-state index in [4.69, 9.17) is 10.2 Å². The maximum Gasteiger partial charge on any atom is 0.402 e. The quantitative estimate of drug-likeness (QED) is 0.431. The summed E-state index contributed by atoms with van der Waals surface area (Å²) in [7, 11) is 0. The number of rotatable bonds is 1. The van der Waals surface area contributed by atoms with Crippen molar-refractivity contribution in [1.29, 1.82) is 0 Å². The highest BCUT2D eigenvalue weighted by Gasteiger charge is 2.14. The van der Waals surface area contributed by atoms with E-state index < -0.39 is 11.7 Å². The van der Waals surface area contributed by atoms with E-state index in [2.05, 4.69) is 0 Å². The van der Waals surface area contributed by atoms with Crippen molar-refractivity contribution in [3.05, 3.63) is 29.2 Å². The zero-order valence-electron chi connectivity index (χ0n) is 5.39. The highest BCUT2D eigenvalue weighted by atomic mass is 16.5. The molecule has 11 heavy (non-hydrogen) atoms. The lowest BCUT2D eigenvalue weighted by molar-refractivity contribution is -0.608. The van der Waals surface area contributed by atoms with E-state index in [9.17, 15) is 10.0 Å². The molecule has 0 aliphatic heterocycles. The molecule has 1 rings (SSSR count). The first-order valence-corrected chi connectivity index (χ1v) is 2.77. The van der Waals surface area contributed by atoms with Gasteiger partial charge in [0.05, 0.1) is 6.07 Å². The number of carboxylic acids is 1. The fourth-order valence-electron chi connectivity index (χ4n) is 0.632. The van der Waals surface area contributed by atoms with E-state index in [1.165, 1.54) is 0 Å². The molecule has 0 unspecified atom stereocenters. The first kappa shape index (κ1) is 7.33. The Morgan fingerprint density at radius 2 is 2.27 bits per heavy atom. The molecule has 2 N–H and O–H groups in total. The summed E-state index contributed by atoms with van der Waals surface area (Å²) < 4.78 is 0.169. The summed E-state index contributed by atoms with van der Waals surface area (Å²) in [6.07, 6.45) is 0.929. The standard InChI is InChI=1S/C6H5NO4/c8-4-1-2-7(11)5(3-4)6(9)10/h1-3,8H,(H,9,10). The Labute approximate surface area is 61.7 Å². The third kappa shape index (κ3) is 1.37. The van der Waals surface area contributed by atoms with Gasteiger partial charge in [0, 0.05) is 6.07 Å². The molecule has 0 aliphatic carbocycles. The minimum Gasteiger partial charge on any atom is -0.618 e. The zero-order valence-corrected chi connectivity index (χ0v) is 5.39. The normalized spacial score (nSPS) is 9.45.